The lowest BCUT2D eigenvalue weighted by molar-refractivity contribution is -0.0561. The number of halogens is 1. The first-order valence-corrected chi connectivity index (χ1v) is 15.4. The van der Waals surface area contributed by atoms with Crippen LogP contribution < -0.4 is 15.0 Å². The Morgan fingerprint density at radius 1 is 1.14 bits per heavy atom. The molecule has 0 saturated carbocycles. The zero-order chi connectivity index (χ0) is 30.1. The Kier molecular flexibility index (Phi) is 8.36. The van der Waals surface area contributed by atoms with Crippen LogP contribution in [0.3, 0.4) is 0 Å². The van der Waals surface area contributed by atoms with E-state index in [0.29, 0.717) is 61.8 Å². The number of nitrogens with zero attached hydrogens (tertiary/aromatic N) is 2. The molecule has 2 bridgehead atoms. The molecular weight excluding hydrogens is 566 g/mol. The third-order valence-corrected chi connectivity index (χ3v) is 9.47. The third kappa shape index (κ3) is 5.48. The second-order valence-corrected chi connectivity index (χ2v) is 12.1. The highest BCUT2D eigenvalue weighted by Crippen LogP contribution is 2.49. The number of methoxy groups -OCH3 is 1. The number of nitrogens with one attached hydrogen (secondary N) is 1. The molecule has 1 unspecified atom stereocenters. The maximum absolute atomic E-state index is 13.6. The number of likely N-dealkylation sites (tertiary alicyclic amines) is 1. The molecule has 9 heteroatoms. The number of aliphatic hydroxyl groups is 1. The van der Waals surface area contributed by atoms with Gasteiger partial charge in [0.1, 0.15) is 5.75 Å². The molecule has 0 aliphatic carbocycles. The number of amides is 2. The maximum Gasteiger partial charge on any atom is 0.414 e. The molecule has 226 valence electrons. The van der Waals surface area contributed by atoms with Crippen LogP contribution in [0.4, 0.5) is 10.5 Å². The van der Waals surface area contributed by atoms with Crippen LogP contribution in [0.2, 0.25) is 5.02 Å². The number of anilines is 1. The second-order valence-electron chi connectivity index (χ2n) is 11.7. The quantitative estimate of drug-likeness (QED) is 0.394. The Balaban J connectivity index is 1.40. The zero-order valence-electron chi connectivity index (χ0n) is 24.7. The normalized spacial score (nSPS) is 21.4. The van der Waals surface area contributed by atoms with Gasteiger partial charge in [-0.2, -0.15) is 0 Å². The van der Waals surface area contributed by atoms with Crippen molar-refractivity contribution in [3.05, 3.63) is 81.9 Å². The van der Waals surface area contributed by atoms with Gasteiger partial charge >= 0.3 is 6.09 Å². The fourth-order valence-corrected chi connectivity index (χ4v) is 7.31. The van der Waals surface area contributed by atoms with E-state index in [0.717, 1.165) is 52.9 Å². The predicted molar refractivity (Wildman–Crippen MR) is 167 cm³/mol. The smallest absolute Gasteiger partial charge is 0.414 e. The summed E-state index contributed by atoms with van der Waals surface area (Å²) < 4.78 is 11.2. The summed E-state index contributed by atoms with van der Waals surface area (Å²) in [5.41, 5.74) is 4.42. The maximum atomic E-state index is 13.6. The van der Waals surface area contributed by atoms with Crippen molar-refractivity contribution < 1.29 is 24.2 Å². The van der Waals surface area contributed by atoms with Gasteiger partial charge in [-0.05, 0) is 79.8 Å². The van der Waals surface area contributed by atoms with Crippen molar-refractivity contribution in [2.75, 3.05) is 45.3 Å². The summed E-state index contributed by atoms with van der Waals surface area (Å²) in [6, 6.07) is 17.3. The lowest BCUT2D eigenvalue weighted by Gasteiger charge is -2.44. The van der Waals surface area contributed by atoms with E-state index in [9.17, 15) is 14.7 Å². The molecule has 1 saturated heterocycles. The van der Waals surface area contributed by atoms with Gasteiger partial charge in [-0.1, -0.05) is 35.9 Å². The zero-order valence-corrected chi connectivity index (χ0v) is 25.5. The molecule has 6 rings (SSSR count). The molecule has 2 atom stereocenters. The molecule has 3 aliphatic heterocycles. The van der Waals surface area contributed by atoms with E-state index in [-0.39, 0.29) is 11.8 Å². The van der Waals surface area contributed by atoms with Crippen LogP contribution in [0.1, 0.15) is 52.7 Å². The van der Waals surface area contributed by atoms with E-state index in [1.54, 1.807) is 4.90 Å². The van der Waals surface area contributed by atoms with E-state index in [1.807, 2.05) is 66.5 Å². The lowest BCUT2D eigenvalue weighted by Crippen LogP contribution is -2.48. The highest BCUT2D eigenvalue weighted by Gasteiger charge is 2.44. The van der Waals surface area contributed by atoms with Crippen molar-refractivity contribution in [3.63, 3.8) is 0 Å². The van der Waals surface area contributed by atoms with Crippen LogP contribution in [0.5, 0.6) is 5.75 Å². The van der Waals surface area contributed by atoms with Crippen molar-refractivity contribution in [2.45, 2.75) is 44.2 Å². The summed E-state index contributed by atoms with van der Waals surface area (Å²) >= 11 is 6.92. The number of benzene rings is 3. The Morgan fingerprint density at radius 3 is 2.72 bits per heavy atom. The average Bonchev–Trinajstić information content (AvgIpc) is 3.51. The number of piperidine rings is 1. The molecule has 3 aromatic rings. The Bertz CT molecular complexity index is 1530. The molecular formula is C34H38ClN3O5. The number of ether oxygens (including phenoxy) is 2. The Hall–Kier alpha value is -3.59. The molecule has 3 aromatic carbocycles. The van der Waals surface area contributed by atoms with Crippen molar-refractivity contribution in [3.8, 4) is 16.9 Å². The topological polar surface area (TPSA) is 91.3 Å². The van der Waals surface area contributed by atoms with Gasteiger partial charge in [0, 0.05) is 60.2 Å². The number of carbonyl (C=O) groups excluding carboxylic acids is 2. The van der Waals surface area contributed by atoms with Crippen molar-refractivity contribution >= 4 is 29.3 Å². The van der Waals surface area contributed by atoms with Gasteiger partial charge in [-0.3, -0.25) is 9.69 Å². The molecule has 1 fully saturated rings. The highest BCUT2D eigenvalue weighted by atomic mass is 35.5. The minimum atomic E-state index is -1.30. The first-order valence-electron chi connectivity index (χ1n) is 15.0. The number of carbonyl (C=O) groups is 2. The van der Waals surface area contributed by atoms with Crippen LogP contribution >= 0.6 is 11.6 Å². The van der Waals surface area contributed by atoms with Crippen molar-refractivity contribution in [1.29, 1.82) is 0 Å². The largest absolute Gasteiger partial charge is 0.493 e. The molecule has 43 heavy (non-hydrogen) atoms. The standard InChI is InChI=1S/C34H38ClN3O5/c1-36-20-22-9-11-23(12-10-22)32(39)37-15-4-6-25(21-37)34(41)14-5-16-38(33(40)42-2)29-18-24(19-30-26(29)13-17-43-30)31-27(34)7-3-8-28(31)35/h3,7-12,18-19,25,36,41H,4-6,13-17,20-21H2,1-2H3/t25-,34?/m1/s1. The molecule has 0 spiro atoms. The summed E-state index contributed by atoms with van der Waals surface area (Å²) in [7, 11) is 3.28. The number of fused-ring (bicyclic) bond motifs is 6. The first-order chi connectivity index (χ1) is 20.8. The summed E-state index contributed by atoms with van der Waals surface area (Å²) in [6.45, 7) is 2.69. The summed E-state index contributed by atoms with van der Waals surface area (Å²) in [4.78, 5) is 30.2. The summed E-state index contributed by atoms with van der Waals surface area (Å²) in [5, 5.41) is 16.4. The SMILES string of the molecule is CNCc1ccc(C(=O)N2CCC[C@@H](C3(O)CCCN(C(=O)OC)c4cc(cc5c4CCO5)-c4c(Cl)cccc43)C2)cc1. The van der Waals surface area contributed by atoms with Crippen LogP contribution in [-0.2, 0) is 23.3 Å². The van der Waals surface area contributed by atoms with E-state index < -0.39 is 11.7 Å². The van der Waals surface area contributed by atoms with Gasteiger partial charge in [0.25, 0.3) is 5.91 Å². The van der Waals surface area contributed by atoms with Gasteiger partial charge in [0.2, 0.25) is 0 Å². The Morgan fingerprint density at radius 2 is 1.95 bits per heavy atom. The second kappa shape index (κ2) is 12.2. The van der Waals surface area contributed by atoms with E-state index in [1.165, 1.54) is 7.11 Å². The third-order valence-electron chi connectivity index (χ3n) is 9.15. The van der Waals surface area contributed by atoms with Crippen LogP contribution in [0, 0.1) is 5.92 Å². The fourth-order valence-electron chi connectivity index (χ4n) is 7.03. The average molecular weight is 604 g/mol. The molecule has 8 nitrogen and oxygen atoms in total. The van der Waals surface area contributed by atoms with E-state index >= 15 is 0 Å². The molecule has 0 aromatic heterocycles. The fraction of sp³-hybridized carbons (Fsp3) is 0.412. The van der Waals surface area contributed by atoms with Gasteiger partial charge in [0.05, 0.1) is 25.0 Å². The van der Waals surface area contributed by atoms with Crippen molar-refractivity contribution in [1.82, 2.24) is 10.2 Å². The summed E-state index contributed by atoms with van der Waals surface area (Å²) in [5.74, 6) is 0.446. The van der Waals surface area contributed by atoms with E-state index in [2.05, 4.69) is 5.32 Å². The predicted octanol–water partition coefficient (Wildman–Crippen LogP) is 5.77. The monoisotopic (exact) mass is 603 g/mol. The summed E-state index contributed by atoms with van der Waals surface area (Å²) in [6.07, 6.45) is 2.69. The highest BCUT2D eigenvalue weighted by molar-refractivity contribution is 6.33. The minimum Gasteiger partial charge on any atom is -0.493 e. The Labute approximate surface area is 257 Å². The molecule has 3 heterocycles. The molecule has 2 amide bonds. The van der Waals surface area contributed by atoms with Gasteiger partial charge in [0.15, 0.2) is 0 Å². The van der Waals surface area contributed by atoms with Gasteiger partial charge in [-0.15, -0.1) is 0 Å². The number of hydrogen-bond donors (Lipinski definition) is 2. The molecule has 0 radical (unpaired) electrons. The molecule has 2 N–H and O–H groups in total. The number of hydrogen-bond acceptors (Lipinski definition) is 6. The minimum absolute atomic E-state index is 0.0345. The van der Waals surface area contributed by atoms with Crippen LogP contribution in [0.15, 0.2) is 54.6 Å². The first kappa shape index (κ1) is 29.5. The van der Waals surface area contributed by atoms with E-state index in [4.69, 9.17) is 21.1 Å². The molecule has 3 aliphatic rings. The number of rotatable bonds is 4. The van der Waals surface area contributed by atoms with Gasteiger partial charge < -0.3 is 24.8 Å². The van der Waals surface area contributed by atoms with Gasteiger partial charge in [-0.25, -0.2) is 4.79 Å². The lowest BCUT2D eigenvalue weighted by atomic mass is 9.71. The van der Waals surface area contributed by atoms with Crippen molar-refractivity contribution in [2.24, 2.45) is 5.92 Å². The van der Waals surface area contributed by atoms with Crippen LogP contribution in [0.25, 0.3) is 11.1 Å². The van der Waals surface area contributed by atoms with Crippen LogP contribution in [-0.4, -0.2) is 62.4 Å².